The molecule has 0 aliphatic rings. The van der Waals surface area contributed by atoms with Gasteiger partial charge in [-0.2, -0.15) is 0 Å². The minimum Gasteiger partial charge on any atom is -0.508 e. The number of nitrogens with one attached hydrogen (secondary N) is 13. The van der Waals surface area contributed by atoms with Gasteiger partial charge in [-0.3, -0.25) is 62.3 Å². The first-order valence-electron chi connectivity index (χ1n) is 40.4. The summed E-state index contributed by atoms with van der Waals surface area (Å²) in [7, 11) is 0. The third-order valence-corrected chi connectivity index (χ3v) is 19.6. The molecule has 22 N–H and O–H groups in total. The number of carbonyl (C=O) groups excluding carboxylic acids is 13. The molecular formula is C80H142N16O16. The fourth-order valence-corrected chi connectivity index (χ4v) is 12.1. The number of aliphatic hydroxyl groups excluding tert-OH is 2. The van der Waals surface area contributed by atoms with Crippen LogP contribution in [0.25, 0.3) is 0 Å². The third-order valence-electron chi connectivity index (χ3n) is 19.6. The molecule has 1 aromatic carbocycles. The number of hydrogen-bond acceptors (Lipinski definition) is 19. The van der Waals surface area contributed by atoms with E-state index >= 15 is 0 Å². The summed E-state index contributed by atoms with van der Waals surface area (Å²) in [5.74, 6) is -13.2. The number of phenolic OH excluding ortho intramolecular Hbond substituents is 1. The molecule has 0 aromatic heterocycles. The van der Waals surface area contributed by atoms with Gasteiger partial charge >= 0.3 is 0 Å². The van der Waals surface area contributed by atoms with Gasteiger partial charge in [-0.25, -0.2) is 0 Å². The van der Waals surface area contributed by atoms with Crippen molar-refractivity contribution in [3.63, 3.8) is 0 Å². The normalized spacial score (nSPS) is 15.8. The van der Waals surface area contributed by atoms with Crippen molar-refractivity contribution in [2.45, 2.75) is 300 Å². The van der Waals surface area contributed by atoms with Gasteiger partial charge in [0.15, 0.2) is 0 Å². The molecule has 0 fully saturated rings. The van der Waals surface area contributed by atoms with Crippen molar-refractivity contribution >= 4 is 76.8 Å². The molecule has 0 radical (unpaired) electrons. The van der Waals surface area contributed by atoms with Crippen LogP contribution in [0.1, 0.15) is 221 Å². The van der Waals surface area contributed by atoms with E-state index in [0.29, 0.717) is 44.1 Å². The van der Waals surface area contributed by atoms with Gasteiger partial charge in [-0.05, 0) is 168 Å². The third kappa shape index (κ3) is 36.7. The zero-order chi connectivity index (χ0) is 85.4. The highest BCUT2D eigenvalue weighted by Crippen LogP contribution is 2.19. The fraction of sp³-hybridized carbons (Fsp3) is 0.738. The maximum atomic E-state index is 14.7. The maximum absolute atomic E-state index is 14.7. The van der Waals surface area contributed by atoms with Crippen LogP contribution in [0.4, 0.5) is 0 Å². The zero-order valence-corrected chi connectivity index (χ0v) is 70.2. The van der Waals surface area contributed by atoms with Gasteiger partial charge in [0, 0.05) is 6.42 Å². The molecule has 13 amide bonds. The molecule has 112 heavy (non-hydrogen) atoms. The van der Waals surface area contributed by atoms with Crippen molar-refractivity contribution in [1.29, 1.82) is 0 Å². The van der Waals surface area contributed by atoms with Gasteiger partial charge in [-0.15, -0.1) is 0 Å². The highest BCUT2D eigenvalue weighted by molar-refractivity contribution is 6.02. The summed E-state index contributed by atoms with van der Waals surface area (Å²) in [6.45, 7) is 33.4. The number of rotatable bonds is 54. The smallest absolute Gasteiger partial charge is 0.268 e. The molecule has 1 rings (SSSR count). The van der Waals surface area contributed by atoms with Crippen LogP contribution >= 0.6 is 0 Å². The second-order valence-corrected chi connectivity index (χ2v) is 32.3. The first kappa shape index (κ1) is 102. The summed E-state index contributed by atoms with van der Waals surface area (Å²) in [5.41, 5.74) is 18.0. The van der Waals surface area contributed by atoms with E-state index in [0.717, 1.165) is 0 Å². The van der Waals surface area contributed by atoms with Gasteiger partial charge in [0.25, 0.3) is 11.8 Å². The maximum Gasteiger partial charge on any atom is 0.268 e. The highest BCUT2D eigenvalue weighted by Gasteiger charge is 2.40. The number of aliphatic hydroxyl groups is 2. The molecular weight excluding hydrogens is 1440 g/mol. The Morgan fingerprint density at radius 2 is 0.696 bits per heavy atom. The molecule has 0 spiro atoms. The largest absolute Gasteiger partial charge is 0.508 e. The predicted octanol–water partition coefficient (Wildman–Crippen LogP) is 1.98. The second-order valence-electron chi connectivity index (χ2n) is 32.3. The highest BCUT2D eigenvalue weighted by atomic mass is 16.3. The average Bonchev–Trinajstić information content (AvgIpc) is 0.846. The van der Waals surface area contributed by atoms with E-state index in [4.69, 9.17) is 17.2 Å². The number of unbranched alkanes of at least 4 members (excludes halogenated alkanes) is 2. The number of phenols is 1. The van der Waals surface area contributed by atoms with Crippen molar-refractivity contribution in [2.24, 2.45) is 70.5 Å². The van der Waals surface area contributed by atoms with Crippen LogP contribution in [0.15, 0.2) is 36.0 Å². The summed E-state index contributed by atoms with van der Waals surface area (Å²) in [6.07, 6.45) is 2.98. The number of aromatic hydroxyl groups is 1. The van der Waals surface area contributed by atoms with E-state index < -0.39 is 185 Å². The lowest BCUT2D eigenvalue weighted by atomic mass is 9.95. The summed E-state index contributed by atoms with van der Waals surface area (Å²) in [6, 6.07) is -8.64. The Kier molecular flexibility index (Phi) is 48.0. The van der Waals surface area contributed by atoms with Crippen LogP contribution < -0.4 is 86.3 Å². The number of hydrogen-bond donors (Lipinski definition) is 19. The number of amides is 13. The van der Waals surface area contributed by atoms with Crippen molar-refractivity contribution < 1.29 is 77.6 Å². The van der Waals surface area contributed by atoms with Gasteiger partial charge in [0.05, 0.1) is 12.6 Å². The fourth-order valence-electron chi connectivity index (χ4n) is 12.1. The van der Waals surface area contributed by atoms with Crippen LogP contribution in [-0.2, 0) is 68.7 Å². The van der Waals surface area contributed by atoms with Crippen molar-refractivity contribution in [3.8, 4) is 5.75 Å². The molecule has 638 valence electrons. The monoisotopic (exact) mass is 1580 g/mol. The van der Waals surface area contributed by atoms with Gasteiger partial charge < -0.3 is 102 Å². The van der Waals surface area contributed by atoms with E-state index in [2.05, 4.69) is 69.1 Å². The minimum absolute atomic E-state index is 0.0213. The first-order valence-corrected chi connectivity index (χ1v) is 40.4. The Bertz CT molecular complexity index is 3170. The van der Waals surface area contributed by atoms with E-state index in [1.54, 1.807) is 81.4 Å². The molecule has 0 saturated heterocycles. The summed E-state index contributed by atoms with van der Waals surface area (Å²) in [4.78, 5) is 186. The van der Waals surface area contributed by atoms with E-state index in [-0.39, 0.29) is 113 Å². The van der Waals surface area contributed by atoms with Crippen LogP contribution in [0.2, 0.25) is 0 Å². The Morgan fingerprint density at radius 3 is 1.08 bits per heavy atom. The van der Waals surface area contributed by atoms with Crippen molar-refractivity contribution in [3.05, 3.63) is 41.6 Å². The van der Waals surface area contributed by atoms with Crippen molar-refractivity contribution in [2.75, 3.05) is 26.2 Å². The number of nitrogens with two attached hydrogens (primary N) is 3. The van der Waals surface area contributed by atoms with Gasteiger partial charge in [-0.1, -0.05) is 156 Å². The Labute approximate surface area is 664 Å². The van der Waals surface area contributed by atoms with Gasteiger partial charge in [0.2, 0.25) is 65.0 Å². The molecule has 0 aliphatic heterocycles. The zero-order valence-electron chi connectivity index (χ0n) is 70.2. The molecule has 32 heteroatoms. The SMILES string of the molecule is C/C=C(/NC(=O)[C@@H](O)[C@@H](C)CC)C(=O)N[C@@H](CC(C)C)C(=O)N[C@H](CCCN)C(=O)N[C@H](C(=O)N[C@H](C(=O)N[C@H](C(=O)N[C@H](CCCCN)C(=O)N[C@H](C(=O)N[C@H](CC(C)C)C(=O)N[C@@H](CCCCN)C(=O)N[C@H](Cc1ccc(O)cc1)C(=O)N[C@@H](CC(C)C)C(=O)N[C@H](CO)C(C)C)C(C)C)C(C)C)C(C)C)[C@@H](C)CC. The summed E-state index contributed by atoms with van der Waals surface area (Å²) in [5, 5.41) is 66.4. The molecule has 15 atom stereocenters. The average molecular weight is 1580 g/mol. The Balaban J connectivity index is 3.65. The quantitative estimate of drug-likeness (QED) is 0.0327. The molecule has 0 aliphatic carbocycles. The number of allylic oxidation sites excluding steroid dienone is 1. The number of benzene rings is 1. The van der Waals surface area contributed by atoms with Crippen LogP contribution in [0, 0.1) is 53.3 Å². The molecule has 0 unspecified atom stereocenters. The summed E-state index contributed by atoms with van der Waals surface area (Å²) < 4.78 is 0. The van der Waals surface area contributed by atoms with Gasteiger partial charge in [0.1, 0.15) is 84.0 Å². The number of carbonyl (C=O) groups is 13. The van der Waals surface area contributed by atoms with Crippen molar-refractivity contribution in [1.82, 2.24) is 69.1 Å². The van der Waals surface area contributed by atoms with E-state index in [1.165, 1.54) is 25.1 Å². The summed E-state index contributed by atoms with van der Waals surface area (Å²) >= 11 is 0. The lowest BCUT2D eigenvalue weighted by Gasteiger charge is -2.31. The first-order chi connectivity index (χ1) is 52.6. The molecule has 0 saturated carbocycles. The molecule has 0 heterocycles. The standard InChI is InChI=1S/C80H142N16O16/c1-20-50(18)66(96-71(103)57(30-27-37-83)86-72(104)58(38-43(4)5)88-68(100)54(22-3)84-80(112)67(99)51(19)21-2)79(111)95-65(49(16)17)78(110)94-64(48(14)15)76(108)87-56(29-24-26-36-82)70(102)93-63(47(12)13)77(109)91-60(40-45(8)9)73(105)85-55(28-23-25-35-81)69(101)90-61(41-52-31-33-53(98)34-32-52)75(107)89-59(39-44(6)7)74(106)92-62(42-97)46(10)11/h22,31-34,43-51,55-67,97-99H,20-21,23-30,35-42,81-83H2,1-19H3,(H,84,112)(H,85,105)(H,86,104)(H,87,108)(H,88,100)(H,89,107)(H,90,101)(H,91,109)(H,92,106)(H,93,102)(H,94,110)(H,95,111)(H,96,103)/b54-22+/t50-,51-,55-,56+,57+,58-,59-,60+,61+,62+,63-,64-,65-,66-,67-/m0/s1. The van der Waals surface area contributed by atoms with Crippen LogP contribution in [0.5, 0.6) is 5.75 Å². The lowest BCUT2D eigenvalue weighted by molar-refractivity contribution is -0.137. The predicted molar refractivity (Wildman–Crippen MR) is 431 cm³/mol. The van der Waals surface area contributed by atoms with Crippen LogP contribution in [-0.4, -0.2) is 197 Å². The molecule has 0 bridgehead atoms. The molecule has 32 nitrogen and oxygen atoms in total. The lowest BCUT2D eigenvalue weighted by Crippen LogP contribution is -2.62. The topological polar surface area (TPSA) is 517 Å². The van der Waals surface area contributed by atoms with E-state index in [9.17, 15) is 77.6 Å². The second kappa shape index (κ2) is 52.9. The Morgan fingerprint density at radius 1 is 0.375 bits per heavy atom. The Hall–Kier alpha value is -8.33. The molecule has 1 aromatic rings. The van der Waals surface area contributed by atoms with Crippen LogP contribution in [0.3, 0.4) is 0 Å². The minimum atomic E-state index is -1.40. The van der Waals surface area contributed by atoms with E-state index in [1.807, 2.05) is 55.4 Å².